The number of nitrogens with one attached hydrogen (secondary N) is 1. The van der Waals surface area contributed by atoms with Gasteiger partial charge in [-0.25, -0.2) is 0 Å². The summed E-state index contributed by atoms with van der Waals surface area (Å²) in [7, 11) is 1.91. The molecule has 27 heavy (non-hydrogen) atoms. The van der Waals surface area contributed by atoms with Crippen LogP contribution in [0.5, 0.6) is 5.75 Å². The molecular formula is C19H21F3N2O2S. The van der Waals surface area contributed by atoms with E-state index in [1.165, 1.54) is 23.5 Å². The van der Waals surface area contributed by atoms with Crippen LogP contribution in [0.15, 0.2) is 36.4 Å². The van der Waals surface area contributed by atoms with E-state index in [1.807, 2.05) is 18.0 Å². The van der Waals surface area contributed by atoms with E-state index in [-0.39, 0.29) is 11.7 Å². The highest BCUT2D eigenvalue weighted by atomic mass is 32.1. The number of ether oxygens (including phenoxy) is 1. The van der Waals surface area contributed by atoms with Gasteiger partial charge in [-0.1, -0.05) is 0 Å². The molecule has 1 aromatic carbocycles. The van der Waals surface area contributed by atoms with Gasteiger partial charge in [-0.05, 0) is 74.3 Å². The first-order valence-corrected chi connectivity index (χ1v) is 9.57. The van der Waals surface area contributed by atoms with E-state index in [9.17, 15) is 18.0 Å². The minimum Gasteiger partial charge on any atom is -0.406 e. The van der Waals surface area contributed by atoms with E-state index in [0.29, 0.717) is 10.8 Å². The smallest absolute Gasteiger partial charge is 0.406 e. The number of hydrogen-bond acceptors (Lipinski definition) is 4. The minimum atomic E-state index is -4.70. The molecule has 0 spiro atoms. The Labute approximate surface area is 159 Å². The van der Waals surface area contributed by atoms with Gasteiger partial charge >= 0.3 is 6.36 Å². The van der Waals surface area contributed by atoms with Gasteiger partial charge in [0.25, 0.3) is 5.91 Å². The monoisotopic (exact) mass is 398 g/mol. The van der Waals surface area contributed by atoms with Crippen molar-refractivity contribution in [3.05, 3.63) is 41.3 Å². The van der Waals surface area contributed by atoms with Crippen LogP contribution in [0.3, 0.4) is 0 Å². The Kier molecular flexibility index (Phi) is 6.06. The predicted molar refractivity (Wildman–Crippen MR) is 99.0 cm³/mol. The SMILES string of the molecule is CNCC1CCCN(C(=O)c2ccc(-c3ccc(OC(F)(F)F)cc3)s2)C1. The average molecular weight is 398 g/mol. The highest BCUT2D eigenvalue weighted by Crippen LogP contribution is 2.32. The Bertz CT molecular complexity index is 772. The third kappa shape index (κ3) is 5.23. The van der Waals surface area contributed by atoms with Crippen molar-refractivity contribution in [3.8, 4) is 16.2 Å². The molecule has 1 N–H and O–H groups in total. The van der Waals surface area contributed by atoms with Crippen LogP contribution < -0.4 is 10.1 Å². The van der Waals surface area contributed by atoms with Crippen LogP contribution in [0.4, 0.5) is 13.2 Å². The summed E-state index contributed by atoms with van der Waals surface area (Å²) in [6.07, 6.45) is -2.59. The first kappa shape index (κ1) is 19.7. The van der Waals surface area contributed by atoms with E-state index < -0.39 is 6.36 Å². The number of nitrogens with zero attached hydrogens (tertiary/aromatic N) is 1. The van der Waals surface area contributed by atoms with Crippen LogP contribution in [0.2, 0.25) is 0 Å². The molecule has 1 aromatic heterocycles. The fraction of sp³-hybridized carbons (Fsp3) is 0.421. The van der Waals surface area contributed by atoms with Gasteiger partial charge in [0.15, 0.2) is 0 Å². The molecule has 1 unspecified atom stereocenters. The number of halogens is 3. The number of hydrogen-bond donors (Lipinski definition) is 1. The van der Waals surface area contributed by atoms with Crippen molar-refractivity contribution in [3.63, 3.8) is 0 Å². The standard InChI is InChI=1S/C19H21F3N2O2S/c1-23-11-13-3-2-10-24(12-13)18(25)17-9-8-16(27-17)14-4-6-15(7-5-14)26-19(20,21)22/h4-9,13,23H,2-3,10-12H2,1H3. The zero-order valence-electron chi connectivity index (χ0n) is 14.9. The molecule has 1 aliphatic heterocycles. The second-order valence-corrected chi connectivity index (χ2v) is 7.64. The topological polar surface area (TPSA) is 41.6 Å². The molecule has 0 aliphatic carbocycles. The summed E-state index contributed by atoms with van der Waals surface area (Å²) in [6.45, 7) is 2.40. The van der Waals surface area contributed by atoms with Crippen LogP contribution in [-0.2, 0) is 0 Å². The van der Waals surface area contributed by atoms with E-state index in [1.54, 1.807) is 18.2 Å². The van der Waals surface area contributed by atoms with E-state index in [0.717, 1.165) is 42.9 Å². The number of carbonyl (C=O) groups is 1. The van der Waals surface area contributed by atoms with Crippen molar-refractivity contribution in [2.75, 3.05) is 26.7 Å². The zero-order valence-corrected chi connectivity index (χ0v) is 15.7. The fourth-order valence-corrected chi connectivity index (χ4v) is 4.27. The molecule has 146 valence electrons. The zero-order chi connectivity index (χ0) is 19.4. The van der Waals surface area contributed by atoms with Gasteiger partial charge in [-0.3, -0.25) is 4.79 Å². The lowest BCUT2D eigenvalue weighted by molar-refractivity contribution is -0.274. The van der Waals surface area contributed by atoms with Crippen LogP contribution in [0.25, 0.3) is 10.4 Å². The van der Waals surface area contributed by atoms with Gasteiger partial charge in [0, 0.05) is 18.0 Å². The number of carbonyl (C=O) groups excluding carboxylic acids is 1. The van der Waals surface area contributed by atoms with Crippen molar-refractivity contribution >= 4 is 17.2 Å². The van der Waals surface area contributed by atoms with Crippen molar-refractivity contribution in [1.29, 1.82) is 0 Å². The molecule has 1 saturated heterocycles. The second-order valence-electron chi connectivity index (χ2n) is 6.55. The number of alkyl halides is 3. The second kappa shape index (κ2) is 8.31. The molecule has 0 saturated carbocycles. The van der Waals surface area contributed by atoms with Crippen LogP contribution in [0, 0.1) is 5.92 Å². The van der Waals surface area contributed by atoms with Crippen LogP contribution >= 0.6 is 11.3 Å². The summed E-state index contributed by atoms with van der Waals surface area (Å²) in [4.78, 5) is 16.1. The summed E-state index contributed by atoms with van der Waals surface area (Å²) in [6, 6.07) is 9.28. The Hall–Kier alpha value is -2.06. The van der Waals surface area contributed by atoms with Gasteiger partial charge in [-0.2, -0.15) is 0 Å². The third-order valence-corrected chi connectivity index (χ3v) is 5.61. The van der Waals surface area contributed by atoms with Crippen molar-refractivity contribution in [2.24, 2.45) is 5.92 Å². The molecule has 0 bridgehead atoms. The number of rotatable bonds is 5. The van der Waals surface area contributed by atoms with E-state index in [4.69, 9.17) is 0 Å². The average Bonchev–Trinajstić information content (AvgIpc) is 3.11. The maximum Gasteiger partial charge on any atom is 0.573 e. The van der Waals surface area contributed by atoms with Gasteiger partial charge in [0.05, 0.1) is 4.88 Å². The Balaban J connectivity index is 1.68. The maximum atomic E-state index is 12.8. The van der Waals surface area contributed by atoms with Crippen molar-refractivity contribution < 1.29 is 22.7 Å². The molecule has 8 heteroatoms. The number of benzene rings is 1. The molecule has 0 radical (unpaired) electrons. The molecule has 1 aliphatic rings. The first-order valence-electron chi connectivity index (χ1n) is 8.75. The molecule has 2 heterocycles. The molecule has 1 fully saturated rings. The van der Waals surface area contributed by atoms with Gasteiger partial charge in [0.1, 0.15) is 5.75 Å². The third-order valence-electron chi connectivity index (χ3n) is 4.49. The summed E-state index contributed by atoms with van der Waals surface area (Å²) in [5.41, 5.74) is 0.750. The van der Waals surface area contributed by atoms with Gasteiger partial charge < -0.3 is 15.0 Å². The number of amides is 1. The fourth-order valence-electron chi connectivity index (χ4n) is 3.29. The van der Waals surface area contributed by atoms with Gasteiger partial charge in [-0.15, -0.1) is 24.5 Å². The molecule has 3 rings (SSSR count). The summed E-state index contributed by atoms with van der Waals surface area (Å²) >= 11 is 1.35. The Morgan fingerprint density at radius 3 is 2.67 bits per heavy atom. The highest BCUT2D eigenvalue weighted by Gasteiger charge is 2.31. The predicted octanol–water partition coefficient (Wildman–Crippen LogP) is 4.39. The first-order chi connectivity index (χ1) is 12.9. The van der Waals surface area contributed by atoms with E-state index >= 15 is 0 Å². The number of piperidine rings is 1. The lowest BCUT2D eigenvalue weighted by Crippen LogP contribution is -2.42. The van der Waals surface area contributed by atoms with Crippen molar-refractivity contribution in [1.82, 2.24) is 10.2 Å². The summed E-state index contributed by atoms with van der Waals surface area (Å²) < 4.78 is 40.6. The summed E-state index contributed by atoms with van der Waals surface area (Å²) in [5, 5.41) is 3.16. The van der Waals surface area contributed by atoms with Crippen LogP contribution in [0.1, 0.15) is 22.5 Å². The lowest BCUT2D eigenvalue weighted by Gasteiger charge is -2.32. The Morgan fingerprint density at radius 1 is 1.26 bits per heavy atom. The molecule has 2 aromatic rings. The minimum absolute atomic E-state index is 0.0177. The Morgan fingerprint density at radius 2 is 2.00 bits per heavy atom. The summed E-state index contributed by atoms with van der Waals surface area (Å²) in [5.74, 6) is 0.223. The molecule has 1 atom stereocenters. The van der Waals surface area contributed by atoms with Gasteiger partial charge in [0.2, 0.25) is 0 Å². The normalized spacial score (nSPS) is 17.8. The largest absolute Gasteiger partial charge is 0.573 e. The lowest BCUT2D eigenvalue weighted by atomic mass is 9.98. The highest BCUT2D eigenvalue weighted by molar-refractivity contribution is 7.17. The van der Waals surface area contributed by atoms with Crippen LogP contribution in [-0.4, -0.2) is 43.9 Å². The van der Waals surface area contributed by atoms with E-state index in [2.05, 4.69) is 10.1 Å². The number of likely N-dealkylation sites (tertiary alicyclic amines) is 1. The maximum absolute atomic E-state index is 12.8. The molecule has 4 nitrogen and oxygen atoms in total. The number of thiophene rings is 1. The quantitative estimate of drug-likeness (QED) is 0.813. The molecular weight excluding hydrogens is 377 g/mol. The van der Waals surface area contributed by atoms with Crippen molar-refractivity contribution in [2.45, 2.75) is 19.2 Å². The molecule has 1 amide bonds.